The number of hydrogen-bond donors (Lipinski definition) is 2. The first-order valence-electron chi connectivity index (χ1n) is 6.72. The molecule has 0 bridgehead atoms. The van der Waals surface area contributed by atoms with E-state index in [0.29, 0.717) is 23.0 Å². The van der Waals surface area contributed by atoms with E-state index >= 15 is 0 Å². The van der Waals surface area contributed by atoms with Crippen LogP contribution in [0.1, 0.15) is 29.2 Å². The van der Waals surface area contributed by atoms with Crippen molar-refractivity contribution in [3.63, 3.8) is 0 Å². The van der Waals surface area contributed by atoms with Crippen LogP contribution in [-0.2, 0) is 0 Å². The zero-order valence-corrected chi connectivity index (χ0v) is 13.0. The van der Waals surface area contributed by atoms with Crippen LogP contribution in [0.2, 0.25) is 10.0 Å². The van der Waals surface area contributed by atoms with Crippen LogP contribution in [0, 0.1) is 0 Å². The van der Waals surface area contributed by atoms with Gasteiger partial charge in [-0.2, -0.15) is 0 Å². The summed E-state index contributed by atoms with van der Waals surface area (Å²) in [6.07, 6.45) is 3.81. The molecule has 0 saturated carbocycles. The minimum absolute atomic E-state index is 0.455. The second-order valence-corrected chi connectivity index (χ2v) is 5.55. The molecule has 4 heteroatoms. The lowest BCUT2D eigenvalue weighted by Gasteiger charge is -2.10. The van der Waals surface area contributed by atoms with E-state index in [-0.39, 0.29) is 0 Å². The van der Waals surface area contributed by atoms with E-state index in [1.54, 1.807) is 12.1 Å². The van der Waals surface area contributed by atoms with Crippen molar-refractivity contribution < 1.29 is 5.11 Å². The highest BCUT2D eigenvalue weighted by atomic mass is 35.5. The maximum atomic E-state index is 9.97. The normalized spacial score (nSPS) is 12.8. The smallest absolute Gasteiger partial charge is 0.0802 e. The summed E-state index contributed by atoms with van der Waals surface area (Å²) in [5, 5.41) is 11.2. The van der Waals surface area contributed by atoms with Gasteiger partial charge >= 0.3 is 0 Å². The Labute approximate surface area is 134 Å². The zero-order valence-electron chi connectivity index (χ0n) is 11.5. The van der Waals surface area contributed by atoms with Crippen LogP contribution in [-0.4, -0.2) is 11.7 Å². The molecular weight excluding hydrogens is 305 g/mol. The van der Waals surface area contributed by atoms with Crippen LogP contribution in [0.3, 0.4) is 0 Å². The second-order valence-electron chi connectivity index (χ2n) is 4.73. The molecule has 0 aromatic heterocycles. The molecule has 0 heterocycles. The minimum Gasteiger partial charge on any atom is -0.388 e. The summed E-state index contributed by atoms with van der Waals surface area (Å²) in [7, 11) is 0. The van der Waals surface area contributed by atoms with Crippen molar-refractivity contribution in [1.82, 2.24) is 0 Å². The minimum atomic E-state index is -0.535. The lowest BCUT2D eigenvalue weighted by Crippen LogP contribution is -2.06. The van der Waals surface area contributed by atoms with Crippen molar-refractivity contribution in [2.45, 2.75) is 12.5 Å². The second kappa shape index (κ2) is 7.62. The molecule has 0 saturated heterocycles. The molecule has 2 aromatic rings. The summed E-state index contributed by atoms with van der Waals surface area (Å²) in [6, 6.07) is 13.1. The van der Waals surface area contributed by atoms with Crippen molar-refractivity contribution in [2.24, 2.45) is 5.73 Å². The van der Waals surface area contributed by atoms with Gasteiger partial charge in [-0.15, -0.1) is 0 Å². The van der Waals surface area contributed by atoms with Gasteiger partial charge in [0.2, 0.25) is 0 Å². The van der Waals surface area contributed by atoms with E-state index in [2.05, 4.69) is 0 Å². The van der Waals surface area contributed by atoms with Gasteiger partial charge in [0.1, 0.15) is 0 Å². The van der Waals surface area contributed by atoms with Gasteiger partial charge in [0.05, 0.1) is 6.10 Å². The molecule has 0 spiro atoms. The molecule has 0 fully saturated rings. The average molecular weight is 322 g/mol. The molecule has 0 unspecified atom stereocenters. The molecule has 3 N–H and O–H groups in total. The summed E-state index contributed by atoms with van der Waals surface area (Å²) >= 11 is 12.3. The highest BCUT2D eigenvalue weighted by molar-refractivity contribution is 6.37. The van der Waals surface area contributed by atoms with Crippen molar-refractivity contribution >= 4 is 35.4 Å². The number of halogens is 2. The molecule has 0 amide bonds. The highest BCUT2D eigenvalue weighted by Crippen LogP contribution is 2.26. The van der Waals surface area contributed by atoms with Crippen molar-refractivity contribution in [3.8, 4) is 0 Å². The zero-order chi connectivity index (χ0) is 15.2. The van der Waals surface area contributed by atoms with Gasteiger partial charge in [-0.25, -0.2) is 0 Å². The lowest BCUT2D eigenvalue weighted by molar-refractivity contribution is 0.170. The summed E-state index contributed by atoms with van der Waals surface area (Å²) < 4.78 is 0. The molecule has 2 aromatic carbocycles. The topological polar surface area (TPSA) is 46.2 Å². The van der Waals surface area contributed by atoms with Gasteiger partial charge < -0.3 is 10.8 Å². The molecule has 21 heavy (non-hydrogen) atoms. The Hall–Kier alpha value is -1.32. The van der Waals surface area contributed by atoms with Gasteiger partial charge in [0.15, 0.2) is 0 Å². The molecular formula is C17H17Cl2NO. The van der Waals surface area contributed by atoms with Gasteiger partial charge in [-0.3, -0.25) is 0 Å². The Bertz CT molecular complexity index is 620. The number of aliphatic hydroxyl groups excluding tert-OH is 1. The van der Waals surface area contributed by atoms with Crippen LogP contribution in [0.4, 0.5) is 0 Å². The molecule has 0 aliphatic carbocycles. The number of rotatable bonds is 5. The number of aliphatic hydroxyl groups is 1. The van der Waals surface area contributed by atoms with Crippen LogP contribution < -0.4 is 5.73 Å². The molecule has 2 rings (SSSR count). The van der Waals surface area contributed by atoms with E-state index in [1.807, 2.05) is 42.5 Å². The van der Waals surface area contributed by atoms with Crippen LogP contribution >= 0.6 is 23.2 Å². The standard InChI is InChI=1S/C17H17Cl2NO/c18-15-5-2-6-16(19)14(15)8-7-12-3-1-4-13(11-12)17(21)9-10-20/h1-8,11,17,21H,9-10,20H2/b8-7+/t17-/m1/s1. The van der Waals surface area contributed by atoms with Crippen molar-refractivity contribution in [2.75, 3.05) is 6.54 Å². The molecule has 110 valence electrons. The van der Waals surface area contributed by atoms with Crippen LogP contribution in [0.25, 0.3) is 12.2 Å². The Morgan fingerprint density at radius 3 is 2.38 bits per heavy atom. The summed E-state index contributed by atoms with van der Waals surface area (Å²) in [4.78, 5) is 0. The fourth-order valence-corrected chi connectivity index (χ4v) is 2.57. The third-order valence-corrected chi connectivity index (χ3v) is 3.84. The third kappa shape index (κ3) is 4.32. The fraction of sp³-hybridized carbons (Fsp3) is 0.176. The number of benzene rings is 2. The SMILES string of the molecule is NCC[C@@H](O)c1cccc(/C=C/c2c(Cl)cccc2Cl)c1. The molecule has 0 aliphatic rings. The van der Waals surface area contributed by atoms with Crippen molar-refractivity contribution in [1.29, 1.82) is 0 Å². The highest BCUT2D eigenvalue weighted by Gasteiger charge is 2.06. The molecule has 2 nitrogen and oxygen atoms in total. The summed E-state index contributed by atoms with van der Waals surface area (Å²) in [5.41, 5.74) is 8.08. The fourth-order valence-electron chi connectivity index (χ4n) is 2.04. The summed E-state index contributed by atoms with van der Waals surface area (Å²) in [5.74, 6) is 0. The van der Waals surface area contributed by atoms with E-state index in [1.165, 1.54) is 0 Å². The van der Waals surface area contributed by atoms with Crippen molar-refractivity contribution in [3.05, 3.63) is 69.2 Å². The average Bonchev–Trinajstić information content (AvgIpc) is 2.47. The van der Waals surface area contributed by atoms with Gasteiger partial charge in [0, 0.05) is 15.6 Å². The monoisotopic (exact) mass is 321 g/mol. The van der Waals surface area contributed by atoms with E-state index in [4.69, 9.17) is 28.9 Å². The Balaban J connectivity index is 2.23. The first kappa shape index (κ1) is 16.1. The van der Waals surface area contributed by atoms with Gasteiger partial charge in [0.25, 0.3) is 0 Å². The Kier molecular flexibility index (Phi) is 5.83. The third-order valence-electron chi connectivity index (χ3n) is 3.18. The first-order valence-corrected chi connectivity index (χ1v) is 7.47. The number of hydrogen-bond acceptors (Lipinski definition) is 2. The Morgan fingerprint density at radius 2 is 1.71 bits per heavy atom. The van der Waals surface area contributed by atoms with E-state index < -0.39 is 6.10 Å². The molecule has 0 aliphatic heterocycles. The largest absolute Gasteiger partial charge is 0.388 e. The number of nitrogens with two attached hydrogens (primary N) is 1. The maximum absolute atomic E-state index is 9.97. The van der Waals surface area contributed by atoms with E-state index in [9.17, 15) is 5.11 Å². The van der Waals surface area contributed by atoms with Crippen LogP contribution in [0.5, 0.6) is 0 Å². The Morgan fingerprint density at radius 1 is 1.05 bits per heavy atom. The lowest BCUT2D eigenvalue weighted by atomic mass is 10.0. The quantitative estimate of drug-likeness (QED) is 0.794. The predicted octanol–water partition coefficient (Wildman–Crippen LogP) is 4.55. The van der Waals surface area contributed by atoms with Gasteiger partial charge in [-0.05, 0) is 42.3 Å². The van der Waals surface area contributed by atoms with Gasteiger partial charge in [-0.1, -0.05) is 59.6 Å². The predicted molar refractivity (Wildman–Crippen MR) is 90.5 cm³/mol. The molecule has 1 atom stereocenters. The maximum Gasteiger partial charge on any atom is 0.0802 e. The van der Waals surface area contributed by atoms with Crippen LogP contribution in [0.15, 0.2) is 42.5 Å². The summed E-state index contributed by atoms with van der Waals surface area (Å²) in [6.45, 7) is 0.455. The first-order chi connectivity index (χ1) is 10.1. The molecule has 0 radical (unpaired) electrons. The van der Waals surface area contributed by atoms with E-state index in [0.717, 1.165) is 16.7 Å².